The first-order chi connectivity index (χ1) is 8.74. The molecule has 0 aliphatic heterocycles. The summed E-state index contributed by atoms with van der Waals surface area (Å²) in [6.45, 7) is 2.13. The summed E-state index contributed by atoms with van der Waals surface area (Å²) in [4.78, 5) is 1.56. The van der Waals surface area contributed by atoms with Crippen LogP contribution in [-0.2, 0) is 6.42 Å². The van der Waals surface area contributed by atoms with Crippen molar-refractivity contribution >= 4 is 33.0 Å². The summed E-state index contributed by atoms with van der Waals surface area (Å²) in [6.07, 6.45) is 3.78. The second-order valence-corrected chi connectivity index (χ2v) is 6.71. The number of rotatable bonds is 2. The molecule has 1 aliphatic carbocycles. The van der Waals surface area contributed by atoms with Crippen molar-refractivity contribution in [1.29, 1.82) is 0 Å². The minimum atomic E-state index is 0.487. The number of anilines is 1. The highest BCUT2D eigenvalue weighted by Crippen LogP contribution is 2.35. The Hall–Kier alpha value is -0.800. The van der Waals surface area contributed by atoms with Crippen molar-refractivity contribution in [3.8, 4) is 0 Å². The molecule has 0 saturated heterocycles. The normalized spacial score (nSPS) is 18.4. The van der Waals surface area contributed by atoms with Crippen LogP contribution < -0.4 is 5.32 Å². The lowest BCUT2D eigenvalue weighted by Crippen LogP contribution is -2.15. The first-order valence-electron chi connectivity index (χ1n) is 6.33. The zero-order valence-corrected chi connectivity index (χ0v) is 12.8. The Morgan fingerprint density at radius 2 is 2.22 bits per heavy atom. The molecule has 1 unspecified atom stereocenters. The molecule has 1 heterocycles. The zero-order chi connectivity index (χ0) is 12.5. The Balaban J connectivity index is 1.84. The van der Waals surface area contributed by atoms with E-state index in [-0.39, 0.29) is 0 Å². The molecule has 1 nitrogen and oxygen atoms in total. The molecule has 1 N–H and O–H groups in total. The van der Waals surface area contributed by atoms with Gasteiger partial charge in [-0.05, 0) is 67.0 Å². The number of hydrogen-bond acceptors (Lipinski definition) is 2. The van der Waals surface area contributed by atoms with Gasteiger partial charge in [0, 0.05) is 15.0 Å². The first kappa shape index (κ1) is 12.2. The number of benzene rings is 1. The SMILES string of the molecule is Cc1cc(NC2CCCc3sccc32)ccc1Br. The van der Waals surface area contributed by atoms with E-state index in [2.05, 4.69) is 57.8 Å². The largest absolute Gasteiger partial charge is 0.378 e. The quantitative estimate of drug-likeness (QED) is 0.790. The molecule has 0 spiro atoms. The molecule has 0 saturated carbocycles. The van der Waals surface area contributed by atoms with Gasteiger partial charge in [-0.1, -0.05) is 15.9 Å². The van der Waals surface area contributed by atoms with Crippen molar-refractivity contribution in [3.63, 3.8) is 0 Å². The van der Waals surface area contributed by atoms with Crippen molar-refractivity contribution in [1.82, 2.24) is 0 Å². The van der Waals surface area contributed by atoms with E-state index in [9.17, 15) is 0 Å². The molecule has 1 aromatic heterocycles. The molecule has 3 rings (SSSR count). The Kier molecular flexibility index (Phi) is 3.44. The van der Waals surface area contributed by atoms with Crippen LogP contribution in [0, 0.1) is 6.92 Å². The van der Waals surface area contributed by atoms with E-state index in [0.717, 1.165) is 0 Å². The number of thiophene rings is 1. The van der Waals surface area contributed by atoms with Gasteiger partial charge < -0.3 is 5.32 Å². The third-order valence-electron chi connectivity index (χ3n) is 3.55. The highest BCUT2D eigenvalue weighted by molar-refractivity contribution is 9.10. The van der Waals surface area contributed by atoms with E-state index in [1.165, 1.54) is 40.5 Å². The van der Waals surface area contributed by atoms with E-state index < -0.39 is 0 Å². The molecule has 1 aromatic carbocycles. The van der Waals surface area contributed by atoms with Crippen LogP contribution in [0.15, 0.2) is 34.1 Å². The number of halogens is 1. The summed E-state index contributed by atoms with van der Waals surface area (Å²) in [5, 5.41) is 5.90. The van der Waals surface area contributed by atoms with Crippen LogP contribution in [-0.4, -0.2) is 0 Å². The lowest BCUT2D eigenvalue weighted by atomic mass is 9.94. The van der Waals surface area contributed by atoms with Gasteiger partial charge in [0.15, 0.2) is 0 Å². The maximum absolute atomic E-state index is 3.68. The summed E-state index contributed by atoms with van der Waals surface area (Å²) in [7, 11) is 0. The van der Waals surface area contributed by atoms with Gasteiger partial charge in [0.2, 0.25) is 0 Å². The minimum absolute atomic E-state index is 0.487. The van der Waals surface area contributed by atoms with Crippen LogP contribution in [0.2, 0.25) is 0 Å². The molecule has 0 bridgehead atoms. The minimum Gasteiger partial charge on any atom is -0.378 e. The lowest BCUT2D eigenvalue weighted by molar-refractivity contribution is 0.609. The molecular formula is C15H16BrNS. The van der Waals surface area contributed by atoms with Gasteiger partial charge in [-0.3, -0.25) is 0 Å². The van der Waals surface area contributed by atoms with Crippen molar-refractivity contribution in [2.24, 2.45) is 0 Å². The molecule has 94 valence electrons. The molecule has 0 amide bonds. The predicted octanol–water partition coefficient (Wildman–Crippen LogP) is 5.31. The molecule has 2 aromatic rings. The van der Waals surface area contributed by atoms with E-state index in [4.69, 9.17) is 0 Å². The fraction of sp³-hybridized carbons (Fsp3) is 0.333. The van der Waals surface area contributed by atoms with Crippen LogP contribution in [0.5, 0.6) is 0 Å². The number of aryl methyl sites for hydroxylation is 2. The number of hydrogen-bond donors (Lipinski definition) is 1. The molecule has 1 atom stereocenters. The third kappa shape index (κ3) is 2.34. The average molecular weight is 322 g/mol. The monoisotopic (exact) mass is 321 g/mol. The fourth-order valence-electron chi connectivity index (χ4n) is 2.57. The Bertz CT molecular complexity index is 561. The second-order valence-electron chi connectivity index (χ2n) is 4.85. The average Bonchev–Trinajstić information content (AvgIpc) is 2.83. The molecule has 3 heteroatoms. The van der Waals surface area contributed by atoms with E-state index in [1.54, 1.807) is 4.88 Å². The van der Waals surface area contributed by atoms with Crippen LogP contribution in [0.3, 0.4) is 0 Å². The zero-order valence-electron chi connectivity index (χ0n) is 10.4. The fourth-order valence-corrected chi connectivity index (χ4v) is 3.81. The summed E-state index contributed by atoms with van der Waals surface area (Å²) in [6, 6.07) is 9.25. The topological polar surface area (TPSA) is 12.0 Å². The number of nitrogens with one attached hydrogen (secondary N) is 1. The van der Waals surface area contributed by atoms with E-state index >= 15 is 0 Å². The summed E-state index contributed by atoms with van der Waals surface area (Å²) < 4.78 is 1.17. The van der Waals surface area contributed by atoms with Gasteiger partial charge in [0.05, 0.1) is 6.04 Å². The Morgan fingerprint density at radius 1 is 1.33 bits per heavy atom. The highest BCUT2D eigenvalue weighted by atomic mass is 79.9. The standard InChI is InChI=1S/C15H16BrNS/c1-10-9-11(5-6-13(10)16)17-14-3-2-4-15-12(14)7-8-18-15/h5-9,14,17H,2-4H2,1H3. The smallest absolute Gasteiger partial charge is 0.0524 e. The summed E-state index contributed by atoms with van der Waals surface area (Å²) in [5.74, 6) is 0. The molecule has 18 heavy (non-hydrogen) atoms. The summed E-state index contributed by atoms with van der Waals surface area (Å²) >= 11 is 5.45. The Morgan fingerprint density at radius 3 is 3.06 bits per heavy atom. The first-order valence-corrected chi connectivity index (χ1v) is 8.00. The lowest BCUT2D eigenvalue weighted by Gasteiger charge is -2.25. The third-order valence-corrected chi connectivity index (χ3v) is 5.44. The van der Waals surface area contributed by atoms with Gasteiger partial charge in [-0.15, -0.1) is 11.3 Å². The number of fused-ring (bicyclic) bond motifs is 1. The van der Waals surface area contributed by atoms with Crippen molar-refractivity contribution < 1.29 is 0 Å². The van der Waals surface area contributed by atoms with Crippen LogP contribution >= 0.6 is 27.3 Å². The molecule has 1 aliphatic rings. The van der Waals surface area contributed by atoms with E-state index in [1.807, 2.05) is 11.3 Å². The van der Waals surface area contributed by atoms with Crippen molar-refractivity contribution in [3.05, 3.63) is 50.1 Å². The maximum Gasteiger partial charge on any atom is 0.0524 e. The van der Waals surface area contributed by atoms with Gasteiger partial charge in [-0.2, -0.15) is 0 Å². The molecule has 0 radical (unpaired) electrons. The second kappa shape index (κ2) is 5.06. The van der Waals surface area contributed by atoms with Gasteiger partial charge >= 0.3 is 0 Å². The summed E-state index contributed by atoms with van der Waals surface area (Å²) in [5.41, 5.74) is 4.01. The molecule has 0 fully saturated rings. The van der Waals surface area contributed by atoms with Gasteiger partial charge in [-0.25, -0.2) is 0 Å². The van der Waals surface area contributed by atoms with Gasteiger partial charge in [0.25, 0.3) is 0 Å². The van der Waals surface area contributed by atoms with Crippen LogP contribution in [0.1, 0.15) is 34.9 Å². The Labute approximate surface area is 120 Å². The highest BCUT2D eigenvalue weighted by Gasteiger charge is 2.20. The van der Waals surface area contributed by atoms with Crippen molar-refractivity contribution in [2.45, 2.75) is 32.2 Å². The van der Waals surface area contributed by atoms with E-state index in [0.29, 0.717) is 6.04 Å². The molecular weight excluding hydrogens is 306 g/mol. The van der Waals surface area contributed by atoms with Crippen LogP contribution in [0.25, 0.3) is 0 Å². The van der Waals surface area contributed by atoms with Crippen LogP contribution in [0.4, 0.5) is 5.69 Å². The maximum atomic E-state index is 3.68. The van der Waals surface area contributed by atoms with Crippen molar-refractivity contribution in [2.75, 3.05) is 5.32 Å². The predicted molar refractivity (Wildman–Crippen MR) is 82.5 cm³/mol. The van der Waals surface area contributed by atoms with Gasteiger partial charge in [0.1, 0.15) is 0 Å².